The molecule has 0 atom stereocenters. The summed E-state index contributed by atoms with van der Waals surface area (Å²) in [6, 6.07) is 5.52. The monoisotopic (exact) mass is 261 g/mol. The average Bonchev–Trinajstić information content (AvgIpc) is 2.31. The Hall–Kier alpha value is -1.55. The number of rotatable bonds is 3. The van der Waals surface area contributed by atoms with E-state index in [0.29, 0.717) is 17.9 Å². The van der Waals surface area contributed by atoms with Crippen LogP contribution in [0.4, 0.5) is 5.69 Å². The summed E-state index contributed by atoms with van der Waals surface area (Å²) < 4.78 is 0. The second-order valence-corrected chi connectivity index (χ2v) is 5.48. The minimum absolute atomic E-state index is 0.0103. The van der Waals surface area contributed by atoms with E-state index in [2.05, 4.69) is 6.58 Å². The van der Waals surface area contributed by atoms with Crippen molar-refractivity contribution >= 4 is 29.1 Å². The molecule has 0 radical (unpaired) electrons. The van der Waals surface area contributed by atoms with Gasteiger partial charge in [0.15, 0.2) is 5.78 Å². The first-order valence-corrected chi connectivity index (χ1v) is 6.70. The van der Waals surface area contributed by atoms with Crippen molar-refractivity contribution in [1.82, 2.24) is 0 Å². The summed E-state index contributed by atoms with van der Waals surface area (Å²) in [5.41, 5.74) is 2.39. The lowest BCUT2D eigenvalue weighted by Crippen LogP contribution is -2.36. The molecule has 0 saturated heterocycles. The lowest BCUT2D eigenvalue weighted by Gasteiger charge is -2.29. The Morgan fingerprint density at radius 3 is 2.78 bits per heavy atom. The van der Waals surface area contributed by atoms with Gasteiger partial charge in [-0.25, -0.2) is 0 Å². The normalized spacial score (nSPS) is 14.3. The number of carbonyl (C=O) groups is 2. The molecule has 1 aliphatic rings. The predicted octanol–water partition coefficient (Wildman–Crippen LogP) is 2.90. The Balaban J connectivity index is 2.46. The standard InChI is InChI=1S/C14H15NO2S/c1-9(2)7-15-12-6-11(10(3)16)4-5-13(12)18-8-14(15)17/h4-6H,1,7-8H2,2-3H3. The van der Waals surface area contributed by atoms with Gasteiger partial charge in [-0.05, 0) is 26.0 Å². The molecule has 0 bridgehead atoms. The molecule has 0 N–H and O–H groups in total. The highest BCUT2D eigenvalue weighted by molar-refractivity contribution is 8.00. The summed E-state index contributed by atoms with van der Waals surface area (Å²) in [5.74, 6) is 0.520. The largest absolute Gasteiger partial charge is 0.306 e. The highest BCUT2D eigenvalue weighted by Crippen LogP contribution is 2.36. The van der Waals surface area contributed by atoms with Crippen LogP contribution in [0.5, 0.6) is 0 Å². The van der Waals surface area contributed by atoms with E-state index >= 15 is 0 Å². The van der Waals surface area contributed by atoms with Crippen LogP contribution >= 0.6 is 11.8 Å². The minimum Gasteiger partial charge on any atom is -0.306 e. The molecule has 18 heavy (non-hydrogen) atoms. The van der Waals surface area contributed by atoms with Gasteiger partial charge in [-0.1, -0.05) is 18.2 Å². The van der Waals surface area contributed by atoms with Crippen LogP contribution in [0.3, 0.4) is 0 Å². The van der Waals surface area contributed by atoms with Crippen LogP contribution < -0.4 is 4.90 Å². The average molecular weight is 261 g/mol. The van der Waals surface area contributed by atoms with Crippen LogP contribution in [0.2, 0.25) is 0 Å². The molecule has 3 nitrogen and oxygen atoms in total. The van der Waals surface area contributed by atoms with Gasteiger partial charge in [0.2, 0.25) is 5.91 Å². The van der Waals surface area contributed by atoms with Crippen LogP contribution in [-0.4, -0.2) is 24.0 Å². The van der Waals surface area contributed by atoms with Crippen molar-refractivity contribution in [3.63, 3.8) is 0 Å². The number of amides is 1. The molecule has 1 heterocycles. The number of benzene rings is 1. The van der Waals surface area contributed by atoms with Gasteiger partial charge in [0.25, 0.3) is 0 Å². The number of hydrogen-bond donors (Lipinski definition) is 0. The topological polar surface area (TPSA) is 37.4 Å². The SMILES string of the molecule is C=C(C)CN1C(=O)CSc2ccc(C(C)=O)cc21. The van der Waals surface area contributed by atoms with Crippen molar-refractivity contribution < 1.29 is 9.59 Å². The van der Waals surface area contributed by atoms with Gasteiger partial charge in [-0.2, -0.15) is 0 Å². The second kappa shape index (κ2) is 4.98. The Morgan fingerprint density at radius 1 is 1.44 bits per heavy atom. The first kappa shape index (κ1) is 12.9. The number of thioether (sulfide) groups is 1. The van der Waals surface area contributed by atoms with E-state index in [1.165, 1.54) is 18.7 Å². The van der Waals surface area contributed by atoms with Crippen LogP contribution in [-0.2, 0) is 4.79 Å². The molecular weight excluding hydrogens is 246 g/mol. The van der Waals surface area contributed by atoms with Gasteiger partial charge in [0.05, 0.1) is 11.4 Å². The van der Waals surface area contributed by atoms with Crippen molar-refractivity contribution in [3.8, 4) is 0 Å². The third kappa shape index (κ3) is 2.48. The van der Waals surface area contributed by atoms with E-state index in [4.69, 9.17) is 0 Å². The number of ketones is 1. The molecule has 0 saturated carbocycles. The highest BCUT2D eigenvalue weighted by Gasteiger charge is 2.25. The molecule has 2 rings (SSSR count). The van der Waals surface area contributed by atoms with Crippen molar-refractivity contribution in [2.45, 2.75) is 18.7 Å². The van der Waals surface area contributed by atoms with Crippen molar-refractivity contribution in [1.29, 1.82) is 0 Å². The van der Waals surface area contributed by atoms with E-state index in [1.54, 1.807) is 11.0 Å². The fourth-order valence-corrected chi connectivity index (χ4v) is 2.78. The third-order valence-electron chi connectivity index (χ3n) is 2.74. The quantitative estimate of drug-likeness (QED) is 0.620. The minimum atomic E-state index is 0.0103. The number of nitrogens with zero attached hydrogens (tertiary/aromatic N) is 1. The molecule has 1 aromatic rings. The Labute approximate surface area is 111 Å². The maximum Gasteiger partial charge on any atom is 0.237 e. The zero-order valence-electron chi connectivity index (χ0n) is 10.5. The molecule has 0 unspecified atom stereocenters. The van der Waals surface area contributed by atoms with E-state index < -0.39 is 0 Å². The van der Waals surface area contributed by atoms with Crippen LogP contribution in [0, 0.1) is 0 Å². The number of anilines is 1. The van der Waals surface area contributed by atoms with Gasteiger partial charge in [-0.15, -0.1) is 11.8 Å². The smallest absolute Gasteiger partial charge is 0.237 e. The Morgan fingerprint density at radius 2 is 2.17 bits per heavy atom. The van der Waals surface area contributed by atoms with Crippen molar-refractivity contribution in [2.24, 2.45) is 0 Å². The zero-order chi connectivity index (χ0) is 13.3. The summed E-state index contributed by atoms with van der Waals surface area (Å²) in [5, 5.41) is 0. The molecule has 0 fully saturated rings. The molecule has 1 aliphatic heterocycles. The van der Waals surface area contributed by atoms with Gasteiger partial charge < -0.3 is 4.90 Å². The third-order valence-corrected chi connectivity index (χ3v) is 3.78. The maximum absolute atomic E-state index is 12.0. The van der Waals surface area contributed by atoms with E-state index in [0.717, 1.165) is 16.2 Å². The van der Waals surface area contributed by atoms with Crippen molar-refractivity contribution in [3.05, 3.63) is 35.9 Å². The van der Waals surface area contributed by atoms with E-state index in [-0.39, 0.29) is 11.7 Å². The van der Waals surface area contributed by atoms with Gasteiger partial charge >= 0.3 is 0 Å². The molecule has 0 aromatic heterocycles. The first-order chi connectivity index (χ1) is 8.49. The molecule has 94 valence electrons. The molecule has 4 heteroatoms. The summed E-state index contributed by atoms with van der Waals surface area (Å²) in [7, 11) is 0. The highest BCUT2D eigenvalue weighted by atomic mass is 32.2. The van der Waals surface area contributed by atoms with Gasteiger partial charge in [0.1, 0.15) is 0 Å². The first-order valence-electron chi connectivity index (χ1n) is 5.71. The predicted molar refractivity (Wildman–Crippen MR) is 74.3 cm³/mol. The zero-order valence-corrected chi connectivity index (χ0v) is 11.3. The van der Waals surface area contributed by atoms with Gasteiger partial charge in [-0.3, -0.25) is 9.59 Å². The number of fused-ring (bicyclic) bond motifs is 1. The summed E-state index contributed by atoms with van der Waals surface area (Å²) in [4.78, 5) is 26.1. The molecular formula is C14H15NO2S. The summed E-state index contributed by atoms with van der Waals surface area (Å²) >= 11 is 1.52. The lowest BCUT2D eigenvalue weighted by atomic mass is 10.1. The van der Waals surface area contributed by atoms with Gasteiger partial charge in [0, 0.05) is 17.0 Å². The fraction of sp³-hybridized carbons (Fsp3) is 0.286. The van der Waals surface area contributed by atoms with E-state index in [9.17, 15) is 9.59 Å². The number of carbonyl (C=O) groups excluding carboxylic acids is 2. The molecule has 1 amide bonds. The van der Waals surface area contributed by atoms with Crippen LogP contribution in [0.1, 0.15) is 24.2 Å². The van der Waals surface area contributed by atoms with E-state index in [1.807, 2.05) is 19.1 Å². The van der Waals surface area contributed by atoms with Crippen molar-refractivity contribution in [2.75, 3.05) is 17.2 Å². The summed E-state index contributed by atoms with van der Waals surface area (Å²) in [6.07, 6.45) is 0. The fourth-order valence-electron chi connectivity index (χ4n) is 1.86. The van der Waals surface area contributed by atoms with Crippen LogP contribution in [0.15, 0.2) is 35.2 Å². The second-order valence-electron chi connectivity index (χ2n) is 4.46. The summed E-state index contributed by atoms with van der Waals surface area (Å²) in [6.45, 7) is 7.78. The lowest BCUT2D eigenvalue weighted by molar-refractivity contribution is -0.116. The van der Waals surface area contributed by atoms with Crippen LogP contribution in [0.25, 0.3) is 0 Å². The Kier molecular flexibility index (Phi) is 3.57. The maximum atomic E-state index is 12.0. The number of hydrogen-bond acceptors (Lipinski definition) is 3. The molecule has 0 spiro atoms. The molecule has 0 aliphatic carbocycles. The molecule has 1 aromatic carbocycles. The Bertz CT molecular complexity index is 537. The number of Topliss-reactive ketones (excluding diaryl/α,β-unsaturated/α-hetero) is 1.